The molecule has 0 spiro atoms. The molecule has 0 aliphatic rings. The molecule has 0 bridgehead atoms. The van der Waals surface area contributed by atoms with Gasteiger partial charge in [0.15, 0.2) is 0 Å². The van der Waals surface area contributed by atoms with Gasteiger partial charge >= 0.3 is 6.18 Å². The van der Waals surface area contributed by atoms with Crippen molar-refractivity contribution in [3.05, 3.63) is 71.1 Å². The van der Waals surface area contributed by atoms with Crippen molar-refractivity contribution in [2.45, 2.75) is 6.18 Å². The van der Waals surface area contributed by atoms with Crippen LogP contribution in [0.2, 0.25) is 5.02 Å². The Labute approximate surface area is 146 Å². The minimum Gasteiger partial charge on any atom is -0.455 e. The van der Waals surface area contributed by atoms with Crippen LogP contribution in [0.3, 0.4) is 0 Å². The molecule has 3 aromatic rings. The van der Waals surface area contributed by atoms with E-state index >= 15 is 0 Å². The van der Waals surface area contributed by atoms with E-state index in [4.69, 9.17) is 16.0 Å². The maximum atomic E-state index is 12.4. The first kappa shape index (κ1) is 17.0. The van der Waals surface area contributed by atoms with Crippen LogP contribution in [-0.2, 0) is 6.18 Å². The number of hydrogen-bond donors (Lipinski definition) is 1. The normalized spacial score (nSPS) is 11.8. The van der Waals surface area contributed by atoms with Gasteiger partial charge in [0.25, 0.3) is 0 Å². The first-order valence-corrected chi connectivity index (χ1v) is 7.48. The number of aromatic nitrogens is 1. The fraction of sp³-hybridized carbons (Fsp3) is 0.0588. The minimum absolute atomic E-state index is 0.189. The van der Waals surface area contributed by atoms with Crippen LogP contribution in [-0.4, -0.2) is 11.2 Å². The lowest BCUT2D eigenvalue weighted by Crippen LogP contribution is -2.05. The summed E-state index contributed by atoms with van der Waals surface area (Å²) in [7, 11) is 0. The molecule has 0 radical (unpaired) electrons. The Kier molecular flexibility index (Phi) is 4.76. The molecule has 0 saturated heterocycles. The number of anilines is 1. The molecule has 128 valence electrons. The van der Waals surface area contributed by atoms with Crippen molar-refractivity contribution in [2.75, 3.05) is 5.43 Å². The molecular weight excluding hydrogens is 355 g/mol. The third-order valence-corrected chi connectivity index (χ3v) is 3.47. The Bertz CT molecular complexity index is 871. The standard InChI is InChI=1S/C17H11ClF3N3O/c18-13-4-1-11(2-5-13)15-7-6-14(25-15)10-23-24-16-8-3-12(9-22-16)17(19,20)21/h1-10H,(H,22,24)/b23-10-. The van der Waals surface area contributed by atoms with Gasteiger partial charge in [-0.15, -0.1) is 0 Å². The molecule has 0 aliphatic carbocycles. The number of hydrogen-bond acceptors (Lipinski definition) is 4. The highest BCUT2D eigenvalue weighted by atomic mass is 35.5. The van der Waals surface area contributed by atoms with Crippen LogP contribution in [0.5, 0.6) is 0 Å². The number of pyridine rings is 1. The topological polar surface area (TPSA) is 50.4 Å². The monoisotopic (exact) mass is 365 g/mol. The van der Waals surface area contributed by atoms with Gasteiger partial charge in [0.2, 0.25) is 0 Å². The zero-order valence-corrected chi connectivity index (χ0v) is 13.3. The number of halogens is 4. The quantitative estimate of drug-likeness (QED) is 0.493. The SMILES string of the molecule is FC(F)(F)c1ccc(N/N=C\c2ccc(-c3ccc(Cl)cc3)o2)nc1. The van der Waals surface area contributed by atoms with E-state index in [9.17, 15) is 13.2 Å². The van der Waals surface area contributed by atoms with E-state index in [0.29, 0.717) is 16.5 Å². The molecule has 0 unspecified atom stereocenters. The van der Waals surface area contributed by atoms with E-state index < -0.39 is 11.7 Å². The maximum absolute atomic E-state index is 12.4. The van der Waals surface area contributed by atoms with Crippen LogP contribution in [0.1, 0.15) is 11.3 Å². The van der Waals surface area contributed by atoms with Gasteiger partial charge in [-0.05, 0) is 48.5 Å². The van der Waals surface area contributed by atoms with Crippen LogP contribution in [0, 0.1) is 0 Å². The molecule has 3 rings (SSSR count). The van der Waals surface area contributed by atoms with Gasteiger partial charge in [-0.2, -0.15) is 18.3 Å². The summed E-state index contributed by atoms with van der Waals surface area (Å²) in [5.41, 5.74) is 2.59. The maximum Gasteiger partial charge on any atom is 0.417 e. The molecular formula is C17H11ClF3N3O. The van der Waals surface area contributed by atoms with Crippen molar-refractivity contribution in [2.24, 2.45) is 5.10 Å². The third-order valence-electron chi connectivity index (χ3n) is 3.22. The number of alkyl halides is 3. The lowest BCUT2D eigenvalue weighted by Gasteiger charge is -2.06. The zero-order valence-electron chi connectivity index (χ0n) is 12.6. The number of benzene rings is 1. The van der Waals surface area contributed by atoms with Crippen molar-refractivity contribution in [3.8, 4) is 11.3 Å². The summed E-state index contributed by atoms with van der Waals surface area (Å²) in [6.45, 7) is 0. The second-order valence-electron chi connectivity index (χ2n) is 5.01. The number of rotatable bonds is 4. The third kappa shape index (κ3) is 4.39. The second kappa shape index (κ2) is 6.98. The largest absolute Gasteiger partial charge is 0.455 e. The summed E-state index contributed by atoms with van der Waals surface area (Å²) in [5, 5.41) is 4.52. The van der Waals surface area contributed by atoms with Gasteiger partial charge in [0, 0.05) is 16.8 Å². The molecule has 2 aromatic heterocycles. The Balaban J connectivity index is 1.64. The molecule has 4 nitrogen and oxygen atoms in total. The summed E-state index contributed by atoms with van der Waals surface area (Å²) >= 11 is 5.84. The lowest BCUT2D eigenvalue weighted by molar-refractivity contribution is -0.137. The fourth-order valence-corrected chi connectivity index (χ4v) is 2.11. The first-order chi connectivity index (χ1) is 11.9. The van der Waals surface area contributed by atoms with Crippen LogP contribution in [0.25, 0.3) is 11.3 Å². The average Bonchev–Trinajstić information content (AvgIpc) is 3.04. The number of furan rings is 1. The Hall–Kier alpha value is -2.80. The number of nitrogens with one attached hydrogen (secondary N) is 1. The fourth-order valence-electron chi connectivity index (χ4n) is 1.98. The van der Waals surface area contributed by atoms with Crippen LogP contribution in [0.15, 0.2) is 64.2 Å². The molecule has 1 N–H and O–H groups in total. The van der Waals surface area contributed by atoms with Gasteiger partial charge in [0.1, 0.15) is 17.3 Å². The van der Waals surface area contributed by atoms with Crippen molar-refractivity contribution < 1.29 is 17.6 Å². The number of nitrogens with zero attached hydrogens (tertiary/aromatic N) is 2. The smallest absolute Gasteiger partial charge is 0.417 e. The Morgan fingerprint density at radius 3 is 2.44 bits per heavy atom. The molecule has 1 aromatic carbocycles. The van der Waals surface area contributed by atoms with Crippen LogP contribution >= 0.6 is 11.6 Å². The minimum atomic E-state index is -4.42. The summed E-state index contributed by atoms with van der Waals surface area (Å²) in [4.78, 5) is 3.65. The summed E-state index contributed by atoms with van der Waals surface area (Å²) in [5.74, 6) is 1.31. The number of hydrazone groups is 1. The average molecular weight is 366 g/mol. The molecule has 0 aliphatic heterocycles. The van der Waals surface area contributed by atoms with Gasteiger partial charge < -0.3 is 4.42 Å². The summed E-state index contributed by atoms with van der Waals surface area (Å²) < 4.78 is 43.0. The van der Waals surface area contributed by atoms with Crippen molar-refractivity contribution >= 4 is 23.6 Å². The summed E-state index contributed by atoms with van der Waals surface area (Å²) in [6.07, 6.45) is -2.27. The van der Waals surface area contributed by atoms with E-state index in [2.05, 4.69) is 15.5 Å². The molecule has 0 saturated carbocycles. The van der Waals surface area contributed by atoms with E-state index in [1.165, 1.54) is 12.3 Å². The van der Waals surface area contributed by atoms with Gasteiger partial charge in [-0.1, -0.05) is 11.6 Å². The van der Waals surface area contributed by atoms with Gasteiger partial charge in [-0.25, -0.2) is 4.98 Å². The van der Waals surface area contributed by atoms with E-state index in [1.54, 1.807) is 24.3 Å². The molecule has 25 heavy (non-hydrogen) atoms. The summed E-state index contributed by atoms with van der Waals surface area (Å²) in [6, 6.07) is 12.8. The van der Waals surface area contributed by atoms with E-state index in [-0.39, 0.29) is 5.82 Å². The zero-order chi connectivity index (χ0) is 17.9. The van der Waals surface area contributed by atoms with E-state index in [0.717, 1.165) is 17.8 Å². The van der Waals surface area contributed by atoms with Crippen LogP contribution in [0.4, 0.5) is 19.0 Å². The van der Waals surface area contributed by atoms with Crippen molar-refractivity contribution in [1.82, 2.24) is 4.98 Å². The van der Waals surface area contributed by atoms with Crippen LogP contribution < -0.4 is 5.43 Å². The van der Waals surface area contributed by atoms with E-state index in [1.807, 2.05) is 12.1 Å². The first-order valence-electron chi connectivity index (χ1n) is 7.10. The molecule has 0 atom stereocenters. The Morgan fingerprint density at radius 1 is 1.04 bits per heavy atom. The Morgan fingerprint density at radius 2 is 1.80 bits per heavy atom. The predicted octanol–water partition coefficient (Wildman–Crippen LogP) is 5.46. The van der Waals surface area contributed by atoms with Crippen molar-refractivity contribution in [1.29, 1.82) is 0 Å². The predicted molar refractivity (Wildman–Crippen MR) is 89.6 cm³/mol. The molecule has 2 heterocycles. The molecule has 8 heteroatoms. The highest BCUT2D eigenvalue weighted by molar-refractivity contribution is 6.30. The van der Waals surface area contributed by atoms with Crippen molar-refractivity contribution in [3.63, 3.8) is 0 Å². The highest BCUT2D eigenvalue weighted by Crippen LogP contribution is 2.28. The van der Waals surface area contributed by atoms with Gasteiger partial charge in [-0.3, -0.25) is 5.43 Å². The molecule has 0 fully saturated rings. The molecule has 0 amide bonds. The van der Waals surface area contributed by atoms with Gasteiger partial charge in [0.05, 0.1) is 11.8 Å². The second-order valence-corrected chi connectivity index (χ2v) is 5.45. The lowest BCUT2D eigenvalue weighted by atomic mass is 10.2. The highest BCUT2D eigenvalue weighted by Gasteiger charge is 2.30.